The van der Waals surface area contributed by atoms with Crippen LogP contribution in [0.4, 0.5) is 13.2 Å². The molecule has 0 atom stereocenters. The lowest BCUT2D eigenvalue weighted by Gasteiger charge is -2.28. The van der Waals surface area contributed by atoms with Gasteiger partial charge in [-0.25, -0.2) is 0 Å². The SMILES string of the molecule is CC(C)(CC(=O)c1n[nH]c2c1CN(C(=O)c1cc3ccccn3c1)CC2)C(F)(F)F. The zero-order valence-electron chi connectivity index (χ0n) is 16.6. The Hall–Kier alpha value is -3.10. The lowest BCUT2D eigenvalue weighted by molar-refractivity contribution is -0.210. The van der Waals surface area contributed by atoms with Gasteiger partial charge in [-0.2, -0.15) is 18.3 Å². The van der Waals surface area contributed by atoms with Crippen molar-refractivity contribution in [2.45, 2.75) is 39.4 Å². The summed E-state index contributed by atoms with van der Waals surface area (Å²) in [5.41, 5.74) is 0.413. The number of nitrogens with one attached hydrogen (secondary N) is 1. The topological polar surface area (TPSA) is 70.5 Å². The first kappa shape index (κ1) is 20.2. The predicted molar refractivity (Wildman–Crippen MR) is 103 cm³/mol. The number of nitrogens with zero attached hydrogens (tertiary/aromatic N) is 3. The number of H-pyrrole nitrogens is 1. The molecule has 0 aromatic carbocycles. The smallest absolute Gasteiger partial charge is 0.334 e. The van der Waals surface area contributed by atoms with E-state index < -0.39 is 23.8 Å². The highest BCUT2D eigenvalue weighted by molar-refractivity contribution is 5.98. The van der Waals surface area contributed by atoms with Crippen molar-refractivity contribution in [3.8, 4) is 0 Å². The number of alkyl halides is 3. The van der Waals surface area contributed by atoms with E-state index in [0.29, 0.717) is 29.8 Å². The van der Waals surface area contributed by atoms with Gasteiger partial charge in [-0.3, -0.25) is 14.7 Å². The number of halogens is 3. The fourth-order valence-corrected chi connectivity index (χ4v) is 3.64. The molecule has 0 unspecified atom stereocenters. The molecule has 3 aromatic heterocycles. The summed E-state index contributed by atoms with van der Waals surface area (Å²) in [5.74, 6) is -0.877. The Kier molecular flexibility index (Phi) is 4.71. The Labute approximate surface area is 170 Å². The summed E-state index contributed by atoms with van der Waals surface area (Å²) in [7, 11) is 0. The normalized spacial score (nSPS) is 14.8. The highest BCUT2D eigenvalue weighted by Crippen LogP contribution is 2.41. The van der Waals surface area contributed by atoms with E-state index in [2.05, 4.69) is 10.2 Å². The van der Waals surface area contributed by atoms with Gasteiger partial charge in [0.25, 0.3) is 5.91 Å². The number of fused-ring (bicyclic) bond motifs is 2. The summed E-state index contributed by atoms with van der Waals surface area (Å²) in [6, 6.07) is 7.41. The molecular weight excluding hydrogens is 397 g/mol. The van der Waals surface area contributed by atoms with Gasteiger partial charge < -0.3 is 9.30 Å². The average molecular weight is 418 g/mol. The van der Waals surface area contributed by atoms with E-state index in [4.69, 9.17) is 0 Å². The maximum absolute atomic E-state index is 13.2. The van der Waals surface area contributed by atoms with Crippen LogP contribution in [0.3, 0.4) is 0 Å². The number of hydrogen-bond acceptors (Lipinski definition) is 3. The minimum Gasteiger partial charge on any atom is -0.334 e. The molecule has 6 nitrogen and oxygen atoms in total. The number of pyridine rings is 1. The van der Waals surface area contributed by atoms with E-state index in [9.17, 15) is 22.8 Å². The summed E-state index contributed by atoms with van der Waals surface area (Å²) >= 11 is 0. The largest absolute Gasteiger partial charge is 0.394 e. The number of aromatic amines is 1. The molecule has 0 spiro atoms. The van der Waals surface area contributed by atoms with Crippen LogP contribution in [-0.2, 0) is 13.0 Å². The van der Waals surface area contributed by atoms with Crippen molar-refractivity contribution in [2.75, 3.05) is 6.54 Å². The first-order valence-electron chi connectivity index (χ1n) is 9.59. The molecule has 0 saturated heterocycles. The maximum atomic E-state index is 13.2. The quantitative estimate of drug-likeness (QED) is 0.651. The van der Waals surface area contributed by atoms with Crippen molar-refractivity contribution in [1.29, 1.82) is 0 Å². The predicted octanol–water partition coefficient (Wildman–Crippen LogP) is 4.02. The third-order valence-corrected chi connectivity index (χ3v) is 5.61. The molecule has 0 bridgehead atoms. The molecule has 9 heteroatoms. The number of amides is 1. The minimum absolute atomic E-state index is 0.0122. The number of hydrogen-bond donors (Lipinski definition) is 1. The summed E-state index contributed by atoms with van der Waals surface area (Å²) in [6.07, 6.45) is -1.17. The van der Waals surface area contributed by atoms with Crippen LogP contribution in [0.1, 0.15) is 52.4 Å². The van der Waals surface area contributed by atoms with Crippen LogP contribution in [0, 0.1) is 5.41 Å². The van der Waals surface area contributed by atoms with Crippen LogP contribution >= 0.6 is 0 Å². The van der Waals surface area contributed by atoms with Gasteiger partial charge in [-0.05, 0) is 18.2 Å². The Morgan fingerprint density at radius 1 is 1.23 bits per heavy atom. The first-order chi connectivity index (χ1) is 14.1. The van der Waals surface area contributed by atoms with Crippen molar-refractivity contribution in [3.63, 3.8) is 0 Å². The third kappa shape index (κ3) is 3.48. The van der Waals surface area contributed by atoms with Crippen molar-refractivity contribution in [2.24, 2.45) is 5.41 Å². The number of Topliss-reactive ketones (excluding diaryl/α,β-unsaturated/α-hetero) is 1. The van der Waals surface area contributed by atoms with Crippen LogP contribution in [0.15, 0.2) is 36.7 Å². The summed E-state index contributed by atoms with van der Waals surface area (Å²) in [4.78, 5) is 27.2. The second-order valence-electron chi connectivity index (χ2n) is 8.25. The number of carbonyl (C=O) groups excluding carboxylic acids is 2. The van der Waals surface area contributed by atoms with E-state index >= 15 is 0 Å². The summed E-state index contributed by atoms with van der Waals surface area (Å²) < 4.78 is 41.4. The highest BCUT2D eigenvalue weighted by Gasteiger charge is 2.48. The van der Waals surface area contributed by atoms with Gasteiger partial charge in [0.15, 0.2) is 5.78 Å². The summed E-state index contributed by atoms with van der Waals surface area (Å²) in [5, 5.41) is 6.74. The van der Waals surface area contributed by atoms with E-state index in [1.807, 2.05) is 28.8 Å². The molecule has 0 saturated carbocycles. The fourth-order valence-electron chi connectivity index (χ4n) is 3.64. The summed E-state index contributed by atoms with van der Waals surface area (Å²) in [6.45, 7) is 2.56. The number of ketones is 1. The Balaban J connectivity index is 1.56. The van der Waals surface area contributed by atoms with E-state index in [0.717, 1.165) is 19.4 Å². The van der Waals surface area contributed by atoms with Crippen LogP contribution in [-0.4, -0.2) is 43.9 Å². The molecule has 0 fully saturated rings. The second kappa shape index (κ2) is 7.00. The number of carbonyl (C=O) groups is 2. The Morgan fingerprint density at radius 2 is 2.00 bits per heavy atom. The molecule has 158 valence electrons. The zero-order chi connectivity index (χ0) is 21.7. The molecule has 30 heavy (non-hydrogen) atoms. The van der Waals surface area contributed by atoms with E-state index in [1.54, 1.807) is 17.2 Å². The maximum Gasteiger partial charge on any atom is 0.394 e. The van der Waals surface area contributed by atoms with Crippen LogP contribution in [0.2, 0.25) is 0 Å². The molecule has 1 aliphatic heterocycles. The van der Waals surface area contributed by atoms with Gasteiger partial charge in [0.05, 0.1) is 17.5 Å². The molecule has 4 heterocycles. The van der Waals surface area contributed by atoms with Crippen molar-refractivity contribution < 1.29 is 22.8 Å². The molecular formula is C21H21F3N4O2. The lowest BCUT2D eigenvalue weighted by Crippen LogP contribution is -2.37. The molecule has 4 rings (SSSR count). The fraction of sp³-hybridized carbons (Fsp3) is 0.381. The molecule has 0 aliphatic carbocycles. The van der Waals surface area contributed by atoms with Crippen LogP contribution < -0.4 is 0 Å². The van der Waals surface area contributed by atoms with E-state index in [1.165, 1.54) is 0 Å². The molecule has 0 radical (unpaired) electrons. The van der Waals surface area contributed by atoms with Crippen LogP contribution in [0.5, 0.6) is 0 Å². The van der Waals surface area contributed by atoms with Gasteiger partial charge in [-0.15, -0.1) is 0 Å². The average Bonchev–Trinajstić information content (AvgIpc) is 3.29. The van der Waals surface area contributed by atoms with Gasteiger partial charge in [0.2, 0.25) is 0 Å². The highest BCUT2D eigenvalue weighted by atomic mass is 19.4. The Morgan fingerprint density at radius 3 is 2.70 bits per heavy atom. The van der Waals surface area contributed by atoms with Gasteiger partial charge in [-0.1, -0.05) is 19.9 Å². The van der Waals surface area contributed by atoms with Crippen molar-refractivity contribution in [3.05, 3.63) is 59.2 Å². The zero-order valence-corrected chi connectivity index (χ0v) is 16.6. The molecule has 3 aromatic rings. The molecule has 1 amide bonds. The molecule has 1 N–H and O–H groups in total. The van der Waals surface area contributed by atoms with Crippen molar-refractivity contribution in [1.82, 2.24) is 19.5 Å². The monoisotopic (exact) mass is 418 g/mol. The minimum atomic E-state index is -4.50. The van der Waals surface area contributed by atoms with Crippen molar-refractivity contribution >= 4 is 17.2 Å². The lowest BCUT2D eigenvalue weighted by atomic mass is 9.85. The van der Waals surface area contributed by atoms with E-state index in [-0.39, 0.29) is 18.1 Å². The number of aromatic nitrogens is 3. The Bertz CT molecular complexity index is 1090. The first-order valence-corrected chi connectivity index (χ1v) is 9.59. The molecule has 1 aliphatic rings. The van der Waals surface area contributed by atoms with Gasteiger partial charge >= 0.3 is 6.18 Å². The number of rotatable bonds is 4. The third-order valence-electron chi connectivity index (χ3n) is 5.61. The second-order valence-corrected chi connectivity index (χ2v) is 8.25. The van der Waals surface area contributed by atoms with Crippen LogP contribution in [0.25, 0.3) is 5.52 Å². The standard InChI is InChI=1S/C21H21F3N4O2/c1-20(2,21(22,23)24)10-17(29)18-15-12-28(8-6-16(15)25-26-18)19(30)13-9-14-5-3-4-7-27(14)11-13/h3-5,7,9,11H,6,8,10,12H2,1-2H3,(H,25,26). The van der Waals surface area contributed by atoms with Gasteiger partial charge in [0.1, 0.15) is 5.69 Å². The van der Waals surface area contributed by atoms with Gasteiger partial charge in [0, 0.05) is 48.6 Å².